The Hall–Kier alpha value is -0.990. The Morgan fingerprint density at radius 2 is 2.31 bits per heavy atom. The Kier molecular flexibility index (Phi) is 2.52. The van der Waals surface area contributed by atoms with Gasteiger partial charge in [0, 0.05) is 12.7 Å². The highest BCUT2D eigenvalue weighted by atomic mass is 16.6. The van der Waals surface area contributed by atoms with E-state index in [1.807, 2.05) is 20.8 Å². The van der Waals surface area contributed by atoms with Gasteiger partial charge in [-0.3, -0.25) is 4.90 Å². The number of hydrogen-bond acceptors (Lipinski definition) is 2. The summed E-state index contributed by atoms with van der Waals surface area (Å²) in [4.78, 5) is 12.9. The first-order chi connectivity index (χ1) is 6.40. The van der Waals surface area contributed by atoms with Crippen LogP contribution < -0.4 is 0 Å². The molecule has 0 aromatic rings. The molecule has 0 bridgehead atoms. The molecule has 1 rings (SSSR count). The van der Waals surface area contributed by atoms with Crippen molar-refractivity contribution in [1.82, 2.24) is 4.90 Å². The Labute approximate surface area is 80.8 Å². The van der Waals surface area contributed by atoms with Crippen LogP contribution in [0.25, 0.3) is 0 Å². The SMILES string of the molecule is [2H]C1=CCCCN1C(=O)OC(C)(C)C. The van der Waals surface area contributed by atoms with E-state index in [1.165, 1.54) is 4.90 Å². The van der Waals surface area contributed by atoms with E-state index in [9.17, 15) is 4.79 Å². The monoisotopic (exact) mass is 184 g/mol. The van der Waals surface area contributed by atoms with Crippen LogP contribution in [0, 0.1) is 0 Å². The Morgan fingerprint density at radius 3 is 2.85 bits per heavy atom. The topological polar surface area (TPSA) is 29.5 Å². The summed E-state index contributed by atoms with van der Waals surface area (Å²) >= 11 is 0. The van der Waals surface area contributed by atoms with Crippen LogP contribution in [0.15, 0.2) is 12.3 Å². The fourth-order valence-corrected chi connectivity index (χ4v) is 1.05. The zero-order valence-corrected chi connectivity index (χ0v) is 8.46. The number of rotatable bonds is 0. The summed E-state index contributed by atoms with van der Waals surface area (Å²) in [5, 5.41) is 0. The molecule has 1 heterocycles. The molecule has 0 fully saturated rings. The maximum Gasteiger partial charge on any atom is 0.414 e. The molecule has 0 saturated carbocycles. The van der Waals surface area contributed by atoms with E-state index < -0.39 is 11.7 Å². The van der Waals surface area contributed by atoms with Crippen LogP contribution in [0.4, 0.5) is 4.79 Å². The molecule has 3 nitrogen and oxygen atoms in total. The summed E-state index contributed by atoms with van der Waals surface area (Å²) in [5.41, 5.74) is -0.491. The van der Waals surface area contributed by atoms with Crippen molar-refractivity contribution >= 4 is 6.09 Å². The second-order valence-electron chi connectivity index (χ2n) is 4.11. The normalized spacial score (nSPS) is 19.2. The van der Waals surface area contributed by atoms with Gasteiger partial charge in [0.05, 0.1) is 1.37 Å². The van der Waals surface area contributed by atoms with Gasteiger partial charge in [-0.25, -0.2) is 4.79 Å². The number of nitrogens with zero attached hydrogens (tertiary/aromatic N) is 1. The lowest BCUT2D eigenvalue weighted by Crippen LogP contribution is -2.35. The van der Waals surface area contributed by atoms with Crippen molar-refractivity contribution in [2.45, 2.75) is 39.2 Å². The minimum absolute atomic E-state index is 0.255. The molecule has 0 aromatic heterocycles. The minimum atomic E-state index is -0.491. The lowest BCUT2D eigenvalue weighted by molar-refractivity contribution is 0.0327. The predicted octanol–water partition coefficient (Wildman–Crippen LogP) is 2.53. The maximum atomic E-state index is 11.6. The van der Waals surface area contributed by atoms with Crippen molar-refractivity contribution < 1.29 is 10.9 Å². The second kappa shape index (κ2) is 3.81. The predicted molar refractivity (Wildman–Crippen MR) is 51.3 cm³/mol. The van der Waals surface area contributed by atoms with Crippen molar-refractivity contribution in [2.24, 2.45) is 0 Å². The number of carbonyl (C=O) groups is 1. The van der Waals surface area contributed by atoms with Crippen LogP contribution in [0.2, 0.25) is 0 Å². The average molecular weight is 184 g/mol. The van der Waals surface area contributed by atoms with Gasteiger partial charge in [0.25, 0.3) is 0 Å². The van der Waals surface area contributed by atoms with Crippen molar-refractivity contribution in [3.63, 3.8) is 0 Å². The summed E-state index contributed by atoms with van der Waals surface area (Å²) in [6.45, 7) is 6.05. The van der Waals surface area contributed by atoms with Crippen molar-refractivity contribution in [3.8, 4) is 0 Å². The first-order valence-electron chi connectivity index (χ1n) is 5.07. The first kappa shape index (κ1) is 8.60. The number of allylic oxidation sites excluding steroid dienone is 1. The fourth-order valence-electron chi connectivity index (χ4n) is 1.05. The first-order valence-corrected chi connectivity index (χ1v) is 4.57. The van der Waals surface area contributed by atoms with Crippen LogP contribution in [0.5, 0.6) is 0 Å². The fraction of sp³-hybridized carbons (Fsp3) is 0.700. The number of ether oxygens (including phenoxy) is 1. The number of carbonyl (C=O) groups excluding carboxylic acids is 1. The second-order valence-corrected chi connectivity index (χ2v) is 4.11. The van der Waals surface area contributed by atoms with Gasteiger partial charge in [-0.1, -0.05) is 6.08 Å². The van der Waals surface area contributed by atoms with E-state index in [2.05, 4.69) is 0 Å². The van der Waals surface area contributed by atoms with Crippen LogP contribution in [0.1, 0.15) is 35.0 Å². The highest BCUT2D eigenvalue weighted by molar-refractivity contribution is 5.69. The molecule has 0 saturated heterocycles. The zero-order valence-electron chi connectivity index (χ0n) is 9.46. The van der Waals surface area contributed by atoms with Crippen LogP contribution in [-0.2, 0) is 4.74 Å². The van der Waals surface area contributed by atoms with Crippen molar-refractivity contribution in [1.29, 1.82) is 0 Å². The van der Waals surface area contributed by atoms with Crippen LogP contribution in [-0.4, -0.2) is 23.1 Å². The van der Waals surface area contributed by atoms with E-state index in [1.54, 1.807) is 6.08 Å². The standard InChI is InChI=1S/C10H17NO2/c1-10(2,3)13-9(12)11-7-5-4-6-8-11/h5,7H,4,6,8H2,1-3H3/i7D. The molecule has 0 atom stereocenters. The quantitative estimate of drug-likeness (QED) is 0.579. The molecule has 0 spiro atoms. The molecular formula is C10H17NO2. The summed E-state index contributed by atoms with van der Waals surface area (Å²) < 4.78 is 12.7. The van der Waals surface area contributed by atoms with E-state index in [0.29, 0.717) is 6.54 Å². The Morgan fingerprint density at radius 1 is 1.62 bits per heavy atom. The van der Waals surface area contributed by atoms with Gasteiger partial charge >= 0.3 is 6.09 Å². The molecule has 0 N–H and O–H groups in total. The lowest BCUT2D eigenvalue weighted by Gasteiger charge is -2.26. The molecule has 74 valence electrons. The van der Waals surface area contributed by atoms with Crippen molar-refractivity contribution in [3.05, 3.63) is 12.3 Å². The molecule has 1 amide bonds. The molecule has 0 aromatic carbocycles. The molecule has 0 aliphatic carbocycles. The van der Waals surface area contributed by atoms with Gasteiger partial charge in [0.15, 0.2) is 0 Å². The van der Waals surface area contributed by atoms with Gasteiger partial charge in [-0.2, -0.15) is 0 Å². The van der Waals surface area contributed by atoms with E-state index in [4.69, 9.17) is 6.11 Å². The van der Waals surface area contributed by atoms with E-state index in [0.717, 1.165) is 12.8 Å². The highest BCUT2D eigenvalue weighted by Crippen LogP contribution is 2.13. The number of amides is 1. The van der Waals surface area contributed by atoms with Crippen molar-refractivity contribution in [2.75, 3.05) is 6.54 Å². The summed E-state index contributed by atoms with van der Waals surface area (Å²) in [5.74, 6) is 0. The molecule has 13 heavy (non-hydrogen) atoms. The molecule has 0 unspecified atom stereocenters. The number of hydrogen-bond donors (Lipinski definition) is 0. The van der Waals surface area contributed by atoms with Gasteiger partial charge in [0.1, 0.15) is 5.60 Å². The van der Waals surface area contributed by atoms with Crippen LogP contribution in [0.3, 0.4) is 0 Å². The Bertz CT molecular complexity index is 255. The van der Waals surface area contributed by atoms with Crippen LogP contribution >= 0.6 is 0 Å². The van der Waals surface area contributed by atoms with E-state index >= 15 is 0 Å². The molecule has 1 aliphatic rings. The zero-order chi connectivity index (χ0) is 10.8. The minimum Gasteiger partial charge on any atom is -0.443 e. The van der Waals surface area contributed by atoms with E-state index in [-0.39, 0.29) is 6.18 Å². The summed E-state index contributed by atoms with van der Waals surface area (Å²) in [7, 11) is 0. The van der Waals surface area contributed by atoms with Gasteiger partial charge in [0.2, 0.25) is 0 Å². The van der Waals surface area contributed by atoms with Gasteiger partial charge < -0.3 is 4.74 Å². The summed E-state index contributed by atoms with van der Waals surface area (Å²) in [6, 6.07) is 0. The highest BCUT2D eigenvalue weighted by Gasteiger charge is 2.21. The maximum absolute atomic E-state index is 11.6. The average Bonchev–Trinajstić information content (AvgIpc) is 2.01. The van der Waals surface area contributed by atoms with Gasteiger partial charge in [-0.15, -0.1) is 0 Å². The molecule has 1 aliphatic heterocycles. The Balaban J connectivity index is 2.60. The largest absolute Gasteiger partial charge is 0.443 e. The third-order valence-electron chi connectivity index (χ3n) is 1.59. The molecule has 3 heteroatoms. The molecular weight excluding hydrogens is 166 g/mol. The smallest absolute Gasteiger partial charge is 0.414 e. The molecule has 0 radical (unpaired) electrons. The van der Waals surface area contributed by atoms with Gasteiger partial charge in [-0.05, 0) is 33.6 Å². The lowest BCUT2D eigenvalue weighted by atomic mass is 10.2. The third kappa shape index (κ3) is 3.49. The third-order valence-corrected chi connectivity index (χ3v) is 1.59. The summed E-state index contributed by atoms with van der Waals surface area (Å²) in [6.07, 6.45) is 3.36.